The van der Waals surface area contributed by atoms with Crippen LogP contribution in [0.5, 0.6) is 0 Å². The fourth-order valence-corrected chi connectivity index (χ4v) is 2.15. The van der Waals surface area contributed by atoms with E-state index in [0.29, 0.717) is 12.3 Å². The molecule has 2 rings (SSSR count). The van der Waals surface area contributed by atoms with Crippen LogP contribution in [0.2, 0.25) is 0 Å². The summed E-state index contributed by atoms with van der Waals surface area (Å²) in [6.45, 7) is 7.34. The fraction of sp³-hybridized carbons (Fsp3) is 0.533. The highest BCUT2D eigenvalue weighted by atomic mass is 16.3. The van der Waals surface area contributed by atoms with Crippen molar-refractivity contribution in [2.75, 3.05) is 0 Å². The smallest absolute Gasteiger partial charge is 0.138 e. The summed E-state index contributed by atoms with van der Waals surface area (Å²) >= 11 is 0. The molecule has 98 valence electrons. The van der Waals surface area contributed by atoms with Gasteiger partial charge in [-0.3, -0.25) is 0 Å². The largest absolute Gasteiger partial charge is 0.385 e. The molecule has 0 aliphatic heterocycles. The molecule has 0 saturated carbocycles. The van der Waals surface area contributed by atoms with Gasteiger partial charge in [0.1, 0.15) is 11.9 Å². The molecule has 0 spiro atoms. The monoisotopic (exact) mass is 246 g/mol. The number of aryl methyl sites for hydroxylation is 1. The number of nitrogens with zero attached hydrogens (tertiary/aromatic N) is 2. The number of aliphatic hydroxyl groups is 1. The lowest BCUT2D eigenvalue weighted by molar-refractivity contribution is 0.159. The maximum atomic E-state index is 10.1. The van der Waals surface area contributed by atoms with Gasteiger partial charge in [-0.05, 0) is 30.9 Å². The molecule has 1 N–H and O–H groups in total. The van der Waals surface area contributed by atoms with E-state index in [2.05, 4.69) is 29.5 Å². The Hall–Kier alpha value is -1.35. The van der Waals surface area contributed by atoms with Crippen molar-refractivity contribution in [3.63, 3.8) is 0 Å². The Morgan fingerprint density at radius 1 is 1.28 bits per heavy atom. The third-order valence-corrected chi connectivity index (χ3v) is 3.30. The van der Waals surface area contributed by atoms with E-state index in [1.807, 2.05) is 25.1 Å². The zero-order valence-electron chi connectivity index (χ0n) is 11.4. The molecule has 3 nitrogen and oxygen atoms in total. The van der Waals surface area contributed by atoms with Crippen LogP contribution in [0.15, 0.2) is 24.3 Å². The summed E-state index contributed by atoms with van der Waals surface area (Å²) in [5, 5.41) is 10.1. The minimum atomic E-state index is -0.468. The van der Waals surface area contributed by atoms with Gasteiger partial charge in [-0.2, -0.15) is 0 Å². The van der Waals surface area contributed by atoms with Gasteiger partial charge in [0, 0.05) is 6.54 Å². The van der Waals surface area contributed by atoms with Crippen LogP contribution in [0, 0.1) is 5.92 Å². The van der Waals surface area contributed by atoms with Crippen molar-refractivity contribution >= 4 is 11.0 Å². The quantitative estimate of drug-likeness (QED) is 0.876. The lowest BCUT2D eigenvalue weighted by Crippen LogP contribution is -2.10. The predicted octanol–water partition coefficient (Wildman–Crippen LogP) is 3.53. The Morgan fingerprint density at radius 2 is 2.00 bits per heavy atom. The molecule has 1 atom stereocenters. The Kier molecular flexibility index (Phi) is 4.02. The van der Waals surface area contributed by atoms with Crippen molar-refractivity contribution in [1.82, 2.24) is 9.55 Å². The van der Waals surface area contributed by atoms with Crippen LogP contribution >= 0.6 is 0 Å². The minimum absolute atomic E-state index is 0.468. The van der Waals surface area contributed by atoms with Crippen molar-refractivity contribution < 1.29 is 5.11 Å². The Balaban J connectivity index is 2.44. The summed E-state index contributed by atoms with van der Waals surface area (Å²) in [7, 11) is 0. The highest BCUT2D eigenvalue weighted by Gasteiger charge is 2.16. The summed E-state index contributed by atoms with van der Waals surface area (Å²) in [6, 6.07) is 8.10. The van der Waals surface area contributed by atoms with E-state index in [1.54, 1.807) is 0 Å². The van der Waals surface area contributed by atoms with Gasteiger partial charge in [-0.1, -0.05) is 32.9 Å². The van der Waals surface area contributed by atoms with Crippen LogP contribution in [0.3, 0.4) is 0 Å². The molecule has 2 aromatic rings. The van der Waals surface area contributed by atoms with Crippen molar-refractivity contribution in [3.8, 4) is 0 Å². The van der Waals surface area contributed by atoms with Crippen LogP contribution in [0.25, 0.3) is 11.0 Å². The molecule has 18 heavy (non-hydrogen) atoms. The third-order valence-electron chi connectivity index (χ3n) is 3.30. The van der Waals surface area contributed by atoms with Gasteiger partial charge in [0.2, 0.25) is 0 Å². The van der Waals surface area contributed by atoms with Crippen molar-refractivity contribution in [1.29, 1.82) is 0 Å². The predicted molar refractivity (Wildman–Crippen MR) is 74.4 cm³/mol. The van der Waals surface area contributed by atoms with Crippen LogP contribution in [0.4, 0.5) is 0 Å². The van der Waals surface area contributed by atoms with Crippen LogP contribution in [-0.4, -0.2) is 14.7 Å². The molecule has 0 saturated heterocycles. The molecule has 3 heteroatoms. The fourth-order valence-electron chi connectivity index (χ4n) is 2.15. The SMILES string of the molecule is CC[C@@H](O)c1nc2ccccc2n1CCC(C)C. The topological polar surface area (TPSA) is 38.1 Å². The molecule has 0 amide bonds. The van der Waals surface area contributed by atoms with Gasteiger partial charge >= 0.3 is 0 Å². The molecule has 1 aromatic heterocycles. The minimum Gasteiger partial charge on any atom is -0.385 e. The number of rotatable bonds is 5. The molecule has 1 heterocycles. The third kappa shape index (κ3) is 2.56. The van der Waals surface area contributed by atoms with Crippen molar-refractivity contribution in [2.45, 2.75) is 46.3 Å². The van der Waals surface area contributed by atoms with Crippen LogP contribution in [0.1, 0.15) is 45.5 Å². The molecular weight excluding hydrogens is 224 g/mol. The molecular formula is C15H22N2O. The summed E-state index contributed by atoms with van der Waals surface area (Å²) in [5.74, 6) is 1.46. The van der Waals surface area contributed by atoms with Crippen molar-refractivity contribution in [3.05, 3.63) is 30.1 Å². The summed E-state index contributed by atoms with van der Waals surface area (Å²) < 4.78 is 2.17. The number of aliphatic hydroxyl groups excluding tert-OH is 1. The first kappa shape index (κ1) is 13.1. The van der Waals surface area contributed by atoms with E-state index in [4.69, 9.17) is 0 Å². The van der Waals surface area contributed by atoms with Gasteiger partial charge in [-0.15, -0.1) is 0 Å². The van der Waals surface area contributed by atoms with Gasteiger partial charge in [0.25, 0.3) is 0 Å². The first-order chi connectivity index (χ1) is 8.63. The highest BCUT2D eigenvalue weighted by Crippen LogP contribution is 2.23. The Morgan fingerprint density at radius 3 is 2.67 bits per heavy atom. The molecule has 0 radical (unpaired) electrons. The average Bonchev–Trinajstić information content (AvgIpc) is 2.74. The first-order valence-corrected chi connectivity index (χ1v) is 6.76. The number of hydrogen-bond donors (Lipinski definition) is 1. The number of imidazole rings is 1. The van der Waals surface area contributed by atoms with E-state index >= 15 is 0 Å². The van der Waals surface area contributed by atoms with E-state index in [0.717, 1.165) is 29.8 Å². The maximum Gasteiger partial charge on any atom is 0.138 e. The second-order valence-electron chi connectivity index (χ2n) is 5.22. The molecule has 0 unspecified atom stereocenters. The van der Waals surface area contributed by atoms with E-state index in [9.17, 15) is 5.11 Å². The normalized spacial score (nSPS) is 13.4. The van der Waals surface area contributed by atoms with E-state index < -0.39 is 6.10 Å². The van der Waals surface area contributed by atoms with E-state index in [-0.39, 0.29) is 0 Å². The molecule has 0 fully saturated rings. The summed E-state index contributed by atoms with van der Waals surface area (Å²) in [4.78, 5) is 4.57. The number of benzene rings is 1. The lowest BCUT2D eigenvalue weighted by atomic mass is 10.1. The van der Waals surface area contributed by atoms with Gasteiger partial charge in [0.15, 0.2) is 0 Å². The Labute approximate surface area is 108 Å². The van der Waals surface area contributed by atoms with Gasteiger partial charge < -0.3 is 9.67 Å². The molecule has 0 bridgehead atoms. The molecule has 1 aromatic carbocycles. The second kappa shape index (κ2) is 5.53. The zero-order chi connectivity index (χ0) is 13.1. The van der Waals surface area contributed by atoms with Gasteiger partial charge in [-0.25, -0.2) is 4.98 Å². The number of aromatic nitrogens is 2. The summed E-state index contributed by atoms with van der Waals surface area (Å²) in [5.41, 5.74) is 2.10. The number of para-hydroxylation sites is 2. The average molecular weight is 246 g/mol. The first-order valence-electron chi connectivity index (χ1n) is 6.76. The highest BCUT2D eigenvalue weighted by molar-refractivity contribution is 5.75. The van der Waals surface area contributed by atoms with Gasteiger partial charge in [0.05, 0.1) is 11.0 Å². The standard InChI is InChI=1S/C15H22N2O/c1-4-14(18)15-16-12-7-5-6-8-13(12)17(15)10-9-11(2)3/h5-8,11,14,18H,4,9-10H2,1-3H3/t14-/m1/s1. The number of fused-ring (bicyclic) bond motifs is 1. The van der Waals surface area contributed by atoms with Crippen molar-refractivity contribution in [2.24, 2.45) is 5.92 Å². The van der Waals surface area contributed by atoms with Crippen LogP contribution < -0.4 is 0 Å². The Bertz CT molecular complexity index is 516. The number of hydrogen-bond acceptors (Lipinski definition) is 2. The zero-order valence-corrected chi connectivity index (χ0v) is 11.4. The molecule has 0 aliphatic carbocycles. The van der Waals surface area contributed by atoms with Crippen LogP contribution in [-0.2, 0) is 6.54 Å². The van der Waals surface area contributed by atoms with E-state index in [1.165, 1.54) is 0 Å². The maximum absolute atomic E-state index is 10.1. The second-order valence-corrected chi connectivity index (χ2v) is 5.22. The molecule has 0 aliphatic rings. The lowest BCUT2D eigenvalue weighted by Gasteiger charge is -2.13. The summed E-state index contributed by atoms with van der Waals surface area (Å²) in [6.07, 6.45) is 1.33.